The number of likely N-dealkylation sites (N-methyl/N-ethyl adjacent to an activating group) is 2. The number of rotatable bonds is 68. The summed E-state index contributed by atoms with van der Waals surface area (Å²) in [7, 11) is 4.25. The number of hydrogen-bond acceptors (Lipinski definition) is 11. The first-order valence-corrected chi connectivity index (χ1v) is 41.1. The van der Waals surface area contributed by atoms with Crippen molar-refractivity contribution in [3.05, 3.63) is 0 Å². The minimum Gasteiger partial charge on any atom is -0.811 e. The highest BCUT2D eigenvalue weighted by atomic mass is 31.2. The molecule has 0 aromatic heterocycles. The fourth-order valence-electron chi connectivity index (χ4n) is 11.3. The minimum atomic E-state index is -4.14. The molecule has 0 radical (unpaired) electrons. The van der Waals surface area contributed by atoms with Crippen LogP contribution in [0.5, 0.6) is 0 Å². The number of carbonyl (C=O) groups excluding carboxylic acids is 4. The van der Waals surface area contributed by atoms with Crippen molar-refractivity contribution in [3.8, 4) is 0 Å². The molecule has 13 nitrogen and oxygen atoms in total. The summed E-state index contributed by atoms with van der Waals surface area (Å²) in [6.07, 6.45) is 70.2. The molecule has 0 N–H and O–H groups in total. The zero-order chi connectivity index (χ0) is 67.9. The fourth-order valence-corrected chi connectivity index (χ4v) is 11.3. The number of esters is 4. The second kappa shape index (κ2) is 72.2. The van der Waals surface area contributed by atoms with Crippen LogP contribution in [-0.2, 0) is 42.7 Å². The molecular weight excluding hydrogens is 1160 g/mol. The molecule has 0 aliphatic rings. The van der Waals surface area contributed by atoms with Gasteiger partial charge < -0.3 is 42.3 Å². The minimum absolute atomic E-state index is 0.0766. The SMILES string of the molecule is CCCCCCCCCCCCCCCC(=O)OCC[N+](C)(C)CCOC(=O)CCCCCCCCCCCCCCC.CCCCCCCCCCCCCCCC(=O)OCC[N+](C)(C)CCOC(=O)CCCCCCCCCCCCCCC.CP(=O)([O-])[O-]. The number of ether oxygens (including phenoxy) is 4. The van der Waals surface area contributed by atoms with Gasteiger partial charge in [0.1, 0.15) is 52.6 Å². The number of quaternary nitrogens is 2. The maximum atomic E-state index is 12.1. The van der Waals surface area contributed by atoms with Gasteiger partial charge in [-0.2, -0.15) is 0 Å². The van der Waals surface area contributed by atoms with E-state index < -0.39 is 7.60 Å². The largest absolute Gasteiger partial charge is 0.811 e. The summed E-state index contributed by atoms with van der Waals surface area (Å²) in [5, 5.41) is 0. The lowest BCUT2D eigenvalue weighted by atomic mass is 10.0. The Balaban J connectivity index is -0.00000158. The predicted octanol–water partition coefficient (Wildman–Crippen LogP) is 20.8. The maximum absolute atomic E-state index is 12.1. The molecule has 0 bridgehead atoms. The highest BCUT2D eigenvalue weighted by molar-refractivity contribution is 7.47. The Bertz CT molecular complexity index is 1380. The molecule has 0 aliphatic carbocycles. The van der Waals surface area contributed by atoms with Crippen molar-refractivity contribution in [2.45, 2.75) is 387 Å². The number of unbranched alkanes of at least 4 members (excludes halogenated alkanes) is 48. The smallest absolute Gasteiger partial charge is 0.305 e. The van der Waals surface area contributed by atoms with E-state index in [0.29, 0.717) is 67.7 Å². The molecule has 0 aromatic carbocycles. The number of nitrogens with zero attached hydrogens (tertiary/aromatic N) is 2. The molecule has 0 atom stereocenters. The van der Waals surface area contributed by atoms with Crippen LogP contribution in [0.4, 0.5) is 0 Å². The van der Waals surface area contributed by atoms with E-state index in [4.69, 9.17) is 33.3 Å². The van der Waals surface area contributed by atoms with Gasteiger partial charge in [-0.25, -0.2) is 0 Å². The quantitative estimate of drug-likeness (QED) is 0.0187. The maximum Gasteiger partial charge on any atom is 0.305 e. The molecule has 544 valence electrons. The summed E-state index contributed by atoms with van der Waals surface area (Å²) in [5.74, 6) is -0.306. The number of carbonyl (C=O) groups is 4. The van der Waals surface area contributed by atoms with Gasteiger partial charge in [-0.3, -0.25) is 19.2 Å². The van der Waals surface area contributed by atoms with E-state index in [-0.39, 0.29) is 23.9 Å². The highest BCUT2D eigenvalue weighted by Gasteiger charge is 2.19. The van der Waals surface area contributed by atoms with Crippen molar-refractivity contribution in [2.24, 2.45) is 0 Å². The van der Waals surface area contributed by atoms with Crippen LogP contribution in [0, 0.1) is 0 Å². The molecule has 0 amide bonds. The molecule has 0 fully saturated rings. The predicted molar refractivity (Wildman–Crippen MR) is 382 cm³/mol. The third kappa shape index (κ3) is 88.0. The van der Waals surface area contributed by atoms with Crippen LogP contribution in [0.25, 0.3) is 0 Å². The monoisotopic (exact) mass is 1320 g/mol. The first-order valence-electron chi connectivity index (χ1n) is 39.1. The van der Waals surface area contributed by atoms with E-state index in [2.05, 4.69) is 55.9 Å². The van der Waals surface area contributed by atoms with E-state index in [1.165, 1.54) is 283 Å². The number of hydrogen-bond donors (Lipinski definition) is 0. The standard InChI is InChI=1S/2C38H76NO4.CH5O3P/c2*1-5-7-9-11-13-15-17-19-21-23-25-27-29-31-37(40)42-35-33-39(3,4)34-36-43-38(41)32-30-28-26-24-22-20-18-16-14-12-10-8-6-2;1-5(2,3)4/h2*5-36H2,1-4H3;1H3,(H2,2,3,4)/q2*+1;/p-2. The first kappa shape index (κ1) is 93.1. The van der Waals surface area contributed by atoms with Gasteiger partial charge in [0.2, 0.25) is 0 Å². The fraction of sp³-hybridized carbons (Fsp3) is 0.948. The van der Waals surface area contributed by atoms with Crippen molar-refractivity contribution in [3.63, 3.8) is 0 Å². The third-order valence-corrected chi connectivity index (χ3v) is 17.8. The van der Waals surface area contributed by atoms with Crippen LogP contribution < -0.4 is 9.79 Å². The van der Waals surface area contributed by atoms with Crippen LogP contribution in [0.15, 0.2) is 0 Å². The Morgan fingerprint density at radius 3 is 0.484 bits per heavy atom. The van der Waals surface area contributed by atoms with Gasteiger partial charge >= 0.3 is 23.9 Å². The lowest BCUT2D eigenvalue weighted by Gasteiger charge is -2.29. The second-order valence-corrected chi connectivity index (χ2v) is 29.9. The van der Waals surface area contributed by atoms with E-state index in [1.54, 1.807) is 0 Å². The summed E-state index contributed by atoms with van der Waals surface area (Å²) in [5.41, 5.74) is 0. The zero-order valence-electron chi connectivity index (χ0n) is 62.1. The third-order valence-electron chi connectivity index (χ3n) is 17.8. The lowest BCUT2D eigenvalue weighted by molar-refractivity contribution is -0.890. The van der Waals surface area contributed by atoms with Crippen LogP contribution in [0.3, 0.4) is 0 Å². The van der Waals surface area contributed by atoms with Crippen molar-refractivity contribution in [1.29, 1.82) is 0 Å². The van der Waals surface area contributed by atoms with Crippen LogP contribution in [-0.4, -0.2) is 120 Å². The Labute approximate surface area is 565 Å². The van der Waals surface area contributed by atoms with Gasteiger partial charge in [-0.05, 0) is 32.3 Å². The molecule has 0 aromatic rings. The average Bonchev–Trinajstić information content (AvgIpc) is 3.71. The molecule has 91 heavy (non-hydrogen) atoms. The van der Waals surface area contributed by atoms with Gasteiger partial charge in [0, 0.05) is 25.7 Å². The van der Waals surface area contributed by atoms with Crippen LogP contribution >= 0.6 is 7.60 Å². The van der Waals surface area contributed by atoms with Gasteiger partial charge in [0.25, 0.3) is 0 Å². The Hall–Kier alpha value is -2.05. The summed E-state index contributed by atoms with van der Waals surface area (Å²) in [4.78, 5) is 66.6. The summed E-state index contributed by atoms with van der Waals surface area (Å²) in [6, 6.07) is 0. The summed E-state index contributed by atoms with van der Waals surface area (Å²) < 4.78 is 32.4. The molecule has 0 saturated heterocycles. The van der Waals surface area contributed by atoms with Crippen molar-refractivity contribution in [1.82, 2.24) is 0 Å². The van der Waals surface area contributed by atoms with Crippen molar-refractivity contribution >= 4 is 31.5 Å². The van der Waals surface area contributed by atoms with Gasteiger partial charge in [0.15, 0.2) is 0 Å². The normalized spacial score (nSPS) is 11.6. The Kier molecular flexibility index (Phi) is 73.9. The molecule has 0 aliphatic heterocycles. The van der Waals surface area contributed by atoms with Gasteiger partial charge in [-0.1, -0.05) is 343 Å². The molecule has 0 spiro atoms. The summed E-state index contributed by atoms with van der Waals surface area (Å²) >= 11 is 0. The molecule has 0 unspecified atom stereocenters. The van der Waals surface area contributed by atoms with E-state index in [9.17, 15) is 19.2 Å². The highest BCUT2D eigenvalue weighted by Crippen LogP contribution is 2.18. The van der Waals surface area contributed by atoms with Crippen LogP contribution in [0.2, 0.25) is 0 Å². The topological polar surface area (TPSA) is 168 Å². The van der Waals surface area contributed by atoms with Crippen molar-refractivity contribution < 1.29 is 61.4 Å². The zero-order valence-corrected chi connectivity index (χ0v) is 63.0. The average molecular weight is 1320 g/mol. The van der Waals surface area contributed by atoms with Gasteiger partial charge in [0.05, 0.1) is 28.2 Å². The van der Waals surface area contributed by atoms with Gasteiger partial charge in [-0.15, -0.1) is 0 Å². The van der Waals surface area contributed by atoms with E-state index in [0.717, 1.165) is 77.5 Å². The Morgan fingerprint density at radius 1 is 0.253 bits per heavy atom. The molecule has 14 heteroatoms. The van der Waals surface area contributed by atoms with Crippen molar-refractivity contribution in [2.75, 3.05) is 87.5 Å². The summed E-state index contributed by atoms with van der Waals surface area (Å²) in [6.45, 7) is 14.4. The molecule has 0 rings (SSSR count). The van der Waals surface area contributed by atoms with E-state index >= 15 is 0 Å². The Morgan fingerprint density at radius 2 is 0.363 bits per heavy atom. The molecule has 0 heterocycles. The molecular formula is C77H155N2O11P. The lowest BCUT2D eigenvalue weighted by Crippen LogP contribution is -2.45. The first-order chi connectivity index (χ1) is 43.8. The van der Waals surface area contributed by atoms with Crippen LogP contribution in [0.1, 0.15) is 387 Å². The molecule has 0 saturated carbocycles. The van der Waals surface area contributed by atoms with E-state index in [1.807, 2.05) is 0 Å². The second-order valence-electron chi connectivity index (χ2n) is 28.4.